The van der Waals surface area contributed by atoms with Crippen molar-refractivity contribution in [2.24, 2.45) is 7.05 Å². The minimum atomic E-state index is -0.208. The number of nitrogens with zero attached hydrogens (tertiary/aromatic N) is 4. The van der Waals surface area contributed by atoms with Gasteiger partial charge in [-0.1, -0.05) is 18.2 Å². The van der Waals surface area contributed by atoms with E-state index in [9.17, 15) is 4.39 Å². The highest BCUT2D eigenvalue weighted by Gasteiger charge is 2.18. The van der Waals surface area contributed by atoms with E-state index in [0.29, 0.717) is 31.0 Å². The molecule has 0 saturated heterocycles. The van der Waals surface area contributed by atoms with Gasteiger partial charge in [-0.15, -0.1) is 10.2 Å². The van der Waals surface area contributed by atoms with E-state index in [2.05, 4.69) is 20.7 Å². The molecule has 0 fully saturated rings. The second-order valence-electron chi connectivity index (χ2n) is 4.81. The molecule has 0 bridgehead atoms. The molecule has 7 heteroatoms. The van der Waals surface area contributed by atoms with Gasteiger partial charge in [0.25, 0.3) is 0 Å². The molecule has 1 aromatic heterocycles. The van der Waals surface area contributed by atoms with E-state index in [0.717, 1.165) is 6.54 Å². The van der Waals surface area contributed by atoms with E-state index in [4.69, 9.17) is 4.74 Å². The lowest BCUT2D eigenvalue weighted by Gasteiger charge is -2.17. The Kier molecular flexibility index (Phi) is 5.77. The highest BCUT2D eigenvalue weighted by atomic mass is 19.1. The number of benzene rings is 1. The third-order valence-electron chi connectivity index (χ3n) is 3.20. The first-order valence-corrected chi connectivity index (χ1v) is 6.87. The largest absolute Gasteiger partial charge is 0.383 e. The summed E-state index contributed by atoms with van der Waals surface area (Å²) < 4.78 is 19.0. The third kappa shape index (κ3) is 4.57. The van der Waals surface area contributed by atoms with Crippen LogP contribution < -0.4 is 5.32 Å². The van der Waals surface area contributed by atoms with Crippen molar-refractivity contribution in [3.8, 4) is 0 Å². The van der Waals surface area contributed by atoms with Gasteiger partial charge in [0, 0.05) is 32.5 Å². The number of hydrogen-bond donors (Lipinski definition) is 1. The Morgan fingerprint density at radius 2 is 2.19 bits per heavy atom. The second kappa shape index (κ2) is 7.80. The number of methoxy groups -OCH3 is 1. The standard InChI is InChI=1S/C14H20FN5O/c1-20-18-14(17-19-20)9-11(10-16-7-8-21-2)12-5-3-4-6-13(12)15/h3-6,11,16H,7-10H2,1-2H3. The molecular formula is C14H20FN5O. The minimum absolute atomic E-state index is 0.0488. The molecule has 114 valence electrons. The Balaban J connectivity index is 2.08. The molecule has 6 nitrogen and oxygen atoms in total. The normalized spacial score (nSPS) is 12.5. The molecule has 0 spiro atoms. The van der Waals surface area contributed by atoms with E-state index in [1.54, 1.807) is 26.3 Å². The molecule has 0 aliphatic rings. The van der Waals surface area contributed by atoms with Crippen LogP contribution >= 0.6 is 0 Å². The first kappa shape index (κ1) is 15.5. The Hall–Kier alpha value is -1.86. The van der Waals surface area contributed by atoms with Gasteiger partial charge in [0.15, 0.2) is 5.82 Å². The number of aryl methyl sites for hydroxylation is 1. The molecule has 1 unspecified atom stereocenters. The molecular weight excluding hydrogens is 273 g/mol. The molecule has 2 rings (SSSR count). The summed E-state index contributed by atoms with van der Waals surface area (Å²) in [6, 6.07) is 6.80. The Morgan fingerprint density at radius 1 is 1.38 bits per heavy atom. The number of rotatable bonds is 8. The topological polar surface area (TPSA) is 64.9 Å². The van der Waals surface area contributed by atoms with Crippen LogP contribution in [0.4, 0.5) is 4.39 Å². The van der Waals surface area contributed by atoms with Crippen LogP contribution in [0.1, 0.15) is 17.3 Å². The quantitative estimate of drug-likeness (QED) is 0.733. The third-order valence-corrected chi connectivity index (χ3v) is 3.20. The summed E-state index contributed by atoms with van der Waals surface area (Å²) in [4.78, 5) is 1.41. The monoisotopic (exact) mass is 293 g/mol. The second-order valence-corrected chi connectivity index (χ2v) is 4.81. The van der Waals surface area contributed by atoms with Crippen molar-refractivity contribution >= 4 is 0 Å². The first-order chi connectivity index (χ1) is 10.2. The fourth-order valence-electron chi connectivity index (χ4n) is 2.17. The van der Waals surface area contributed by atoms with Gasteiger partial charge >= 0.3 is 0 Å². The van der Waals surface area contributed by atoms with E-state index in [-0.39, 0.29) is 11.7 Å². The Bertz CT molecular complexity index is 560. The zero-order valence-electron chi connectivity index (χ0n) is 12.3. The number of nitrogens with one attached hydrogen (secondary N) is 1. The van der Waals surface area contributed by atoms with E-state index < -0.39 is 0 Å². The van der Waals surface area contributed by atoms with Crippen LogP contribution in [0, 0.1) is 5.82 Å². The smallest absolute Gasteiger partial charge is 0.175 e. The van der Waals surface area contributed by atoms with Gasteiger partial charge in [0.05, 0.1) is 13.7 Å². The number of ether oxygens (including phenoxy) is 1. The molecule has 1 heterocycles. The first-order valence-electron chi connectivity index (χ1n) is 6.87. The van der Waals surface area contributed by atoms with Crippen molar-refractivity contribution in [3.63, 3.8) is 0 Å². The summed E-state index contributed by atoms with van der Waals surface area (Å²) in [6.07, 6.45) is 0.536. The van der Waals surface area contributed by atoms with Crippen LogP contribution in [-0.2, 0) is 18.2 Å². The molecule has 1 aromatic carbocycles. The molecule has 1 atom stereocenters. The Labute approximate surface area is 123 Å². The van der Waals surface area contributed by atoms with Gasteiger partial charge in [0.2, 0.25) is 0 Å². The SMILES string of the molecule is COCCNCC(Cc1nnn(C)n1)c1ccccc1F. The molecule has 2 aromatic rings. The lowest BCUT2D eigenvalue weighted by atomic mass is 9.94. The number of hydrogen-bond acceptors (Lipinski definition) is 5. The van der Waals surface area contributed by atoms with Crippen molar-refractivity contribution in [1.29, 1.82) is 0 Å². The predicted octanol–water partition coefficient (Wildman–Crippen LogP) is 0.911. The van der Waals surface area contributed by atoms with Crippen molar-refractivity contribution in [3.05, 3.63) is 41.5 Å². The maximum atomic E-state index is 14.0. The summed E-state index contributed by atoms with van der Waals surface area (Å²) in [5, 5.41) is 15.2. The molecule has 0 saturated carbocycles. The molecule has 0 amide bonds. The van der Waals surface area contributed by atoms with Crippen LogP contribution in [0.2, 0.25) is 0 Å². The molecule has 0 radical (unpaired) electrons. The molecule has 0 aliphatic carbocycles. The van der Waals surface area contributed by atoms with Gasteiger partial charge in [-0.3, -0.25) is 0 Å². The summed E-state index contributed by atoms with van der Waals surface area (Å²) in [5.74, 6) is 0.353. The van der Waals surface area contributed by atoms with Crippen molar-refractivity contribution in [2.75, 3.05) is 26.8 Å². The van der Waals surface area contributed by atoms with E-state index in [1.807, 2.05) is 6.07 Å². The number of tetrazole rings is 1. The molecule has 21 heavy (non-hydrogen) atoms. The summed E-state index contributed by atoms with van der Waals surface area (Å²) in [5.41, 5.74) is 0.662. The highest BCUT2D eigenvalue weighted by molar-refractivity contribution is 5.23. The van der Waals surface area contributed by atoms with Crippen LogP contribution in [-0.4, -0.2) is 47.0 Å². The maximum absolute atomic E-state index is 14.0. The Morgan fingerprint density at radius 3 is 2.86 bits per heavy atom. The molecule has 1 N–H and O–H groups in total. The summed E-state index contributed by atoms with van der Waals surface area (Å²) in [6.45, 7) is 1.96. The van der Waals surface area contributed by atoms with Gasteiger partial charge in [0.1, 0.15) is 5.82 Å². The zero-order valence-corrected chi connectivity index (χ0v) is 12.3. The lowest BCUT2D eigenvalue weighted by molar-refractivity contribution is 0.199. The predicted molar refractivity (Wildman–Crippen MR) is 76.4 cm³/mol. The fraction of sp³-hybridized carbons (Fsp3) is 0.500. The van der Waals surface area contributed by atoms with Crippen molar-refractivity contribution < 1.29 is 9.13 Å². The average molecular weight is 293 g/mol. The molecule has 0 aliphatic heterocycles. The van der Waals surface area contributed by atoms with Gasteiger partial charge in [-0.2, -0.15) is 4.80 Å². The minimum Gasteiger partial charge on any atom is -0.383 e. The van der Waals surface area contributed by atoms with Gasteiger partial charge in [-0.25, -0.2) is 4.39 Å². The van der Waals surface area contributed by atoms with Crippen molar-refractivity contribution in [1.82, 2.24) is 25.5 Å². The van der Waals surface area contributed by atoms with Crippen molar-refractivity contribution in [2.45, 2.75) is 12.3 Å². The summed E-state index contributed by atoms with van der Waals surface area (Å²) in [7, 11) is 3.37. The maximum Gasteiger partial charge on any atom is 0.175 e. The van der Waals surface area contributed by atoms with Crippen LogP contribution in [0.15, 0.2) is 24.3 Å². The lowest BCUT2D eigenvalue weighted by Crippen LogP contribution is -2.27. The van der Waals surface area contributed by atoms with Crippen LogP contribution in [0.5, 0.6) is 0 Å². The van der Waals surface area contributed by atoms with Gasteiger partial charge in [-0.05, 0) is 16.8 Å². The van der Waals surface area contributed by atoms with Crippen LogP contribution in [0.3, 0.4) is 0 Å². The highest BCUT2D eigenvalue weighted by Crippen LogP contribution is 2.21. The van der Waals surface area contributed by atoms with E-state index in [1.165, 1.54) is 10.9 Å². The number of halogens is 1. The number of aromatic nitrogens is 4. The van der Waals surface area contributed by atoms with E-state index >= 15 is 0 Å². The van der Waals surface area contributed by atoms with Crippen LogP contribution in [0.25, 0.3) is 0 Å². The zero-order chi connectivity index (χ0) is 15.1. The fourth-order valence-corrected chi connectivity index (χ4v) is 2.17. The average Bonchev–Trinajstić information content (AvgIpc) is 2.88. The van der Waals surface area contributed by atoms with Gasteiger partial charge < -0.3 is 10.1 Å². The summed E-state index contributed by atoms with van der Waals surface area (Å²) >= 11 is 0.